The van der Waals surface area contributed by atoms with Crippen LogP contribution in [0.2, 0.25) is 0 Å². The van der Waals surface area contributed by atoms with Crippen molar-refractivity contribution in [3.63, 3.8) is 0 Å². The van der Waals surface area contributed by atoms with Gasteiger partial charge in [-0.1, -0.05) is 37.3 Å². The lowest BCUT2D eigenvalue weighted by Crippen LogP contribution is -2.44. The van der Waals surface area contributed by atoms with Crippen LogP contribution in [0.25, 0.3) is 0 Å². The summed E-state index contributed by atoms with van der Waals surface area (Å²) >= 11 is 0. The van der Waals surface area contributed by atoms with Crippen molar-refractivity contribution in [2.75, 3.05) is 38.2 Å². The quantitative estimate of drug-likeness (QED) is 0.723. The molecule has 0 aromatic heterocycles. The van der Waals surface area contributed by atoms with Crippen LogP contribution in [0.4, 0.5) is 5.69 Å². The second-order valence-electron chi connectivity index (χ2n) is 8.94. The van der Waals surface area contributed by atoms with Crippen LogP contribution >= 0.6 is 0 Å². The number of para-hydroxylation sites is 1. The van der Waals surface area contributed by atoms with E-state index >= 15 is 0 Å². The molecule has 1 amide bonds. The molecule has 32 heavy (non-hydrogen) atoms. The number of ether oxygens (including phenoxy) is 1. The lowest BCUT2D eigenvalue weighted by Gasteiger charge is -2.39. The van der Waals surface area contributed by atoms with Crippen molar-refractivity contribution in [2.24, 2.45) is 0 Å². The average molecular weight is 439 g/mol. The summed E-state index contributed by atoms with van der Waals surface area (Å²) in [6.07, 6.45) is 2.97. The molecule has 4 rings (SSSR count). The number of hydrogen-bond acceptors (Lipinski definition) is 5. The minimum atomic E-state index is -0.908. The van der Waals surface area contributed by atoms with Crippen LogP contribution in [0.1, 0.15) is 55.4 Å². The fourth-order valence-electron chi connectivity index (χ4n) is 5.03. The smallest absolute Gasteiger partial charge is 0.226 e. The lowest BCUT2D eigenvalue weighted by atomic mass is 9.83. The monoisotopic (exact) mass is 438 g/mol. The van der Waals surface area contributed by atoms with E-state index < -0.39 is 11.7 Å². The van der Waals surface area contributed by atoms with E-state index in [9.17, 15) is 15.0 Å². The summed E-state index contributed by atoms with van der Waals surface area (Å²) in [5.74, 6) is 0.864. The van der Waals surface area contributed by atoms with E-state index in [1.165, 1.54) is 0 Å². The molecule has 2 heterocycles. The maximum Gasteiger partial charge on any atom is 0.226 e. The van der Waals surface area contributed by atoms with Crippen LogP contribution in [0.15, 0.2) is 42.5 Å². The van der Waals surface area contributed by atoms with Gasteiger partial charge in [0.05, 0.1) is 18.8 Å². The number of carbonyl (C=O) groups excluding carboxylic acids is 1. The average Bonchev–Trinajstić information content (AvgIpc) is 2.84. The van der Waals surface area contributed by atoms with Crippen molar-refractivity contribution in [2.45, 2.75) is 50.7 Å². The summed E-state index contributed by atoms with van der Waals surface area (Å²) < 4.78 is 5.45. The number of aliphatic hydroxyl groups excluding tert-OH is 1. The Morgan fingerprint density at radius 2 is 1.91 bits per heavy atom. The molecule has 2 aliphatic heterocycles. The van der Waals surface area contributed by atoms with Gasteiger partial charge < -0.3 is 24.7 Å². The lowest BCUT2D eigenvalue weighted by molar-refractivity contribution is -0.118. The van der Waals surface area contributed by atoms with Crippen LogP contribution in [-0.2, 0) is 16.8 Å². The van der Waals surface area contributed by atoms with Gasteiger partial charge >= 0.3 is 0 Å². The number of anilines is 1. The molecule has 1 atom stereocenters. The van der Waals surface area contributed by atoms with E-state index in [0.29, 0.717) is 44.6 Å². The molecular weight excluding hydrogens is 404 g/mol. The summed E-state index contributed by atoms with van der Waals surface area (Å²) in [5.41, 5.74) is 2.94. The molecule has 0 radical (unpaired) electrons. The first-order valence-electron chi connectivity index (χ1n) is 11.6. The Hall–Kier alpha value is -2.41. The standard InChI is InChI=1S/C26H34N2O4/c1-3-25(30)28-14-6-7-19-17-20(10-11-22(19)28)23(29)18-27-15-12-26(31,13-16-27)21-8-4-5-9-24(21)32-2/h4-5,8-11,17,23,29,31H,3,6-7,12-16,18H2,1-2H3/t23-/m1/s1. The van der Waals surface area contributed by atoms with Crippen molar-refractivity contribution < 1.29 is 19.7 Å². The first kappa shape index (κ1) is 22.8. The number of piperidine rings is 1. The number of rotatable bonds is 6. The summed E-state index contributed by atoms with van der Waals surface area (Å²) in [6, 6.07) is 13.6. The van der Waals surface area contributed by atoms with Gasteiger partial charge in [-0.3, -0.25) is 4.79 Å². The SMILES string of the molecule is CCC(=O)N1CCCc2cc([C@H](O)CN3CCC(O)(c4ccccc4OC)CC3)ccc21. The number of hydrogen-bond donors (Lipinski definition) is 2. The number of nitrogens with zero attached hydrogens (tertiary/aromatic N) is 2. The Kier molecular flexibility index (Phi) is 6.84. The highest BCUT2D eigenvalue weighted by molar-refractivity contribution is 5.94. The highest BCUT2D eigenvalue weighted by Crippen LogP contribution is 2.38. The zero-order chi connectivity index (χ0) is 22.7. The maximum absolute atomic E-state index is 12.2. The van der Waals surface area contributed by atoms with E-state index in [1.807, 2.05) is 48.2 Å². The van der Waals surface area contributed by atoms with Crippen LogP contribution in [0, 0.1) is 0 Å². The fraction of sp³-hybridized carbons (Fsp3) is 0.500. The van der Waals surface area contributed by atoms with Gasteiger partial charge in [0, 0.05) is 43.9 Å². The van der Waals surface area contributed by atoms with Crippen molar-refractivity contribution in [1.29, 1.82) is 0 Å². The minimum Gasteiger partial charge on any atom is -0.496 e. The third-order valence-corrected chi connectivity index (χ3v) is 6.93. The maximum atomic E-state index is 12.2. The van der Waals surface area contributed by atoms with Gasteiger partial charge in [-0.25, -0.2) is 0 Å². The minimum absolute atomic E-state index is 0.148. The van der Waals surface area contributed by atoms with E-state index in [2.05, 4.69) is 11.0 Å². The molecule has 6 nitrogen and oxygen atoms in total. The normalized spacial score (nSPS) is 19.3. The predicted molar refractivity (Wildman–Crippen MR) is 125 cm³/mol. The number of β-amino-alcohol motifs (C(OH)–C–C–N with tert-alkyl or cyclic N) is 1. The van der Waals surface area contributed by atoms with Crippen LogP contribution in [0.3, 0.4) is 0 Å². The predicted octanol–water partition coefficient (Wildman–Crippen LogP) is 3.40. The number of fused-ring (bicyclic) bond motifs is 1. The van der Waals surface area contributed by atoms with E-state index in [-0.39, 0.29) is 5.91 Å². The molecule has 0 saturated carbocycles. The molecule has 172 valence electrons. The van der Waals surface area contributed by atoms with Gasteiger partial charge in [0.25, 0.3) is 0 Å². The molecule has 2 aliphatic rings. The molecule has 0 bridgehead atoms. The number of methoxy groups -OCH3 is 1. The van der Waals surface area contributed by atoms with Crippen LogP contribution in [0.5, 0.6) is 5.75 Å². The van der Waals surface area contributed by atoms with Crippen molar-refractivity contribution in [3.05, 3.63) is 59.2 Å². The number of amides is 1. The van der Waals surface area contributed by atoms with Gasteiger partial charge in [-0.05, 0) is 48.9 Å². The second kappa shape index (κ2) is 9.61. The van der Waals surface area contributed by atoms with Crippen molar-refractivity contribution in [1.82, 2.24) is 4.90 Å². The second-order valence-corrected chi connectivity index (χ2v) is 8.94. The van der Waals surface area contributed by atoms with Gasteiger partial charge in [0.1, 0.15) is 5.75 Å². The molecule has 2 aromatic rings. The summed E-state index contributed by atoms with van der Waals surface area (Å²) in [7, 11) is 1.63. The van der Waals surface area contributed by atoms with Gasteiger partial charge in [-0.15, -0.1) is 0 Å². The molecular formula is C26H34N2O4. The first-order chi connectivity index (χ1) is 15.4. The topological polar surface area (TPSA) is 73.2 Å². The Morgan fingerprint density at radius 1 is 1.16 bits per heavy atom. The molecule has 2 aromatic carbocycles. The highest BCUT2D eigenvalue weighted by atomic mass is 16.5. The number of aliphatic hydroxyl groups is 2. The van der Waals surface area contributed by atoms with Crippen molar-refractivity contribution >= 4 is 11.6 Å². The Labute approximate surface area is 190 Å². The van der Waals surface area contributed by atoms with Crippen molar-refractivity contribution in [3.8, 4) is 5.75 Å². The molecule has 1 saturated heterocycles. The van der Waals surface area contributed by atoms with Gasteiger partial charge in [-0.2, -0.15) is 0 Å². The van der Waals surface area contributed by atoms with E-state index in [0.717, 1.165) is 41.8 Å². The fourth-order valence-corrected chi connectivity index (χ4v) is 5.03. The number of likely N-dealkylation sites (tertiary alicyclic amines) is 1. The number of carbonyl (C=O) groups is 1. The Balaban J connectivity index is 1.40. The Bertz CT molecular complexity index is 953. The van der Waals surface area contributed by atoms with Crippen LogP contribution < -0.4 is 9.64 Å². The van der Waals surface area contributed by atoms with Crippen LogP contribution in [-0.4, -0.2) is 54.3 Å². The molecule has 6 heteroatoms. The van der Waals surface area contributed by atoms with Gasteiger partial charge in [0.15, 0.2) is 0 Å². The third-order valence-electron chi connectivity index (χ3n) is 6.93. The summed E-state index contributed by atoms with van der Waals surface area (Å²) in [4.78, 5) is 16.3. The molecule has 0 aliphatic carbocycles. The summed E-state index contributed by atoms with van der Waals surface area (Å²) in [6.45, 7) is 4.59. The molecule has 0 unspecified atom stereocenters. The van der Waals surface area contributed by atoms with E-state index in [4.69, 9.17) is 4.74 Å². The van der Waals surface area contributed by atoms with E-state index in [1.54, 1.807) is 7.11 Å². The third kappa shape index (κ3) is 4.53. The zero-order valence-corrected chi connectivity index (χ0v) is 19.1. The number of aryl methyl sites for hydroxylation is 1. The Morgan fingerprint density at radius 3 is 2.62 bits per heavy atom. The molecule has 1 fully saturated rings. The molecule has 2 N–H and O–H groups in total. The largest absolute Gasteiger partial charge is 0.496 e. The highest BCUT2D eigenvalue weighted by Gasteiger charge is 2.36. The summed E-state index contributed by atoms with van der Waals surface area (Å²) in [5, 5.41) is 22.2. The first-order valence-corrected chi connectivity index (χ1v) is 11.6. The zero-order valence-electron chi connectivity index (χ0n) is 19.1. The molecule has 0 spiro atoms. The van der Waals surface area contributed by atoms with Gasteiger partial charge in [0.2, 0.25) is 5.91 Å². The number of benzene rings is 2.